The van der Waals surface area contributed by atoms with Crippen molar-refractivity contribution in [3.8, 4) is 5.75 Å². The van der Waals surface area contributed by atoms with Gasteiger partial charge in [-0.15, -0.1) is 13.2 Å². The molecule has 0 spiro atoms. The average molecular weight is 527 g/mol. The summed E-state index contributed by atoms with van der Waals surface area (Å²) >= 11 is 0. The Morgan fingerprint density at radius 3 is 1.89 bits per heavy atom. The Balaban J connectivity index is 1.54. The molecule has 1 N–H and O–H groups in total. The van der Waals surface area contributed by atoms with Crippen LogP contribution in [0.4, 0.5) is 27.6 Å². The maximum atomic E-state index is 13.6. The summed E-state index contributed by atoms with van der Waals surface area (Å²) in [6.07, 6.45) is -3.60. The van der Waals surface area contributed by atoms with Crippen molar-refractivity contribution >= 4 is 15.9 Å². The fourth-order valence-electron chi connectivity index (χ4n) is 4.48. The van der Waals surface area contributed by atoms with Gasteiger partial charge in [-0.05, 0) is 78.4 Å². The van der Waals surface area contributed by atoms with Gasteiger partial charge in [0, 0.05) is 19.0 Å². The zero-order valence-corrected chi connectivity index (χ0v) is 19.7. The molecule has 0 aromatic heterocycles. The van der Waals surface area contributed by atoms with Crippen molar-refractivity contribution in [2.45, 2.75) is 25.1 Å². The Bertz CT molecular complexity index is 1220. The standard InChI is InChI=1S/C25H23F5N2O3S/c26-20-7-3-17(4-8-20)24(18-5-9-21(27)10-6-18)19-2-1-15-32(16-19)36(33,34)31-22-11-13-23(14-12-22)35-25(28,29)30/h3-14,19,24,31H,1-2,15-16H2/t19-/m0/s1. The number of nitrogens with zero attached hydrogens (tertiary/aromatic N) is 1. The van der Waals surface area contributed by atoms with Gasteiger partial charge in [-0.1, -0.05) is 24.3 Å². The summed E-state index contributed by atoms with van der Waals surface area (Å²) in [7, 11) is -4.03. The summed E-state index contributed by atoms with van der Waals surface area (Å²) in [5.74, 6) is -1.76. The third kappa shape index (κ3) is 6.52. The first-order chi connectivity index (χ1) is 17.0. The molecule has 1 aliphatic rings. The first kappa shape index (κ1) is 25.9. The highest BCUT2D eigenvalue weighted by Crippen LogP contribution is 2.38. The van der Waals surface area contributed by atoms with E-state index in [-0.39, 0.29) is 30.6 Å². The largest absolute Gasteiger partial charge is 0.573 e. The van der Waals surface area contributed by atoms with Gasteiger partial charge in [-0.3, -0.25) is 4.72 Å². The van der Waals surface area contributed by atoms with E-state index in [2.05, 4.69) is 9.46 Å². The molecule has 1 atom stereocenters. The number of halogens is 5. The molecule has 0 bridgehead atoms. The van der Waals surface area contributed by atoms with Crippen LogP contribution in [0.2, 0.25) is 0 Å². The lowest BCUT2D eigenvalue weighted by atomic mass is 9.77. The number of nitrogens with one attached hydrogen (secondary N) is 1. The summed E-state index contributed by atoms with van der Waals surface area (Å²) < 4.78 is 97.9. The third-order valence-corrected chi connectivity index (χ3v) is 7.53. The van der Waals surface area contributed by atoms with Crippen LogP contribution in [0, 0.1) is 17.6 Å². The molecule has 1 saturated heterocycles. The van der Waals surface area contributed by atoms with Gasteiger partial charge in [0.15, 0.2) is 0 Å². The lowest BCUT2D eigenvalue weighted by molar-refractivity contribution is -0.274. The molecule has 0 unspecified atom stereocenters. The Labute approximate surface area is 205 Å². The number of anilines is 1. The topological polar surface area (TPSA) is 58.6 Å². The molecule has 3 aromatic rings. The van der Waals surface area contributed by atoms with Gasteiger partial charge in [-0.25, -0.2) is 8.78 Å². The second-order valence-corrected chi connectivity index (χ2v) is 10.2. The molecule has 0 amide bonds. The van der Waals surface area contributed by atoms with Crippen molar-refractivity contribution in [1.29, 1.82) is 0 Å². The van der Waals surface area contributed by atoms with Gasteiger partial charge in [-0.2, -0.15) is 12.7 Å². The predicted octanol–water partition coefficient (Wildman–Crippen LogP) is 6.06. The monoisotopic (exact) mass is 526 g/mol. The second-order valence-electron chi connectivity index (χ2n) is 8.52. The molecule has 0 aliphatic carbocycles. The molecule has 36 heavy (non-hydrogen) atoms. The van der Waals surface area contributed by atoms with Gasteiger partial charge in [0.1, 0.15) is 17.4 Å². The Kier molecular flexibility index (Phi) is 7.51. The first-order valence-corrected chi connectivity index (χ1v) is 12.6. The van der Waals surface area contributed by atoms with Crippen molar-refractivity contribution in [2.24, 2.45) is 5.92 Å². The minimum Gasteiger partial charge on any atom is -0.406 e. The van der Waals surface area contributed by atoms with Crippen LogP contribution in [-0.2, 0) is 10.2 Å². The van der Waals surface area contributed by atoms with Crippen LogP contribution < -0.4 is 9.46 Å². The minimum atomic E-state index is -4.85. The molecular formula is C25H23F5N2O3S. The van der Waals surface area contributed by atoms with E-state index in [9.17, 15) is 30.4 Å². The van der Waals surface area contributed by atoms with Crippen LogP contribution in [0.5, 0.6) is 5.75 Å². The van der Waals surface area contributed by atoms with Gasteiger partial charge in [0.2, 0.25) is 0 Å². The molecule has 1 aliphatic heterocycles. The number of rotatable bonds is 7. The smallest absolute Gasteiger partial charge is 0.406 e. The molecule has 1 heterocycles. The van der Waals surface area contributed by atoms with Crippen LogP contribution in [0.1, 0.15) is 29.9 Å². The molecule has 0 radical (unpaired) electrons. The van der Waals surface area contributed by atoms with E-state index < -0.39 is 34.0 Å². The predicted molar refractivity (Wildman–Crippen MR) is 125 cm³/mol. The zero-order chi connectivity index (χ0) is 25.9. The van der Waals surface area contributed by atoms with Crippen LogP contribution >= 0.6 is 0 Å². The van der Waals surface area contributed by atoms with Crippen molar-refractivity contribution in [1.82, 2.24) is 4.31 Å². The van der Waals surface area contributed by atoms with Crippen molar-refractivity contribution in [2.75, 3.05) is 17.8 Å². The number of piperidine rings is 1. The van der Waals surface area contributed by atoms with Crippen LogP contribution in [0.3, 0.4) is 0 Å². The molecule has 11 heteroatoms. The lowest BCUT2D eigenvalue weighted by Gasteiger charge is -2.37. The normalized spacial score (nSPS) is 17.2. The number of ether oxygens (including phenoxy) is 1. The number of hydrogen-bond donors (Lipinski definition) is 1. The van der Waals surface area contributed by atoms with E-state index in [1.54, 1.807) is 24.3 Å². The van der Waals surface area contributed by atoms with Gasteiger partial charge in [0.25, 0.3) is 0 Å². The average Bonchev–Trinajstić information content (AvgIpc) is 2.82. The van der Waals surface area contributed by atoms with E-state index in [0.717, 1.165) is 23.3 Å². The molecule has 4 rings (SSSR count). The molecule has 0 saturated carbocycles. The number of benzene rings is 3. The third-order valence-electron chi connectivity index (χ3n) is 6.02. The van der Waals surface area contributed by atoms with E-state index >= 15 is 0 Å². The van der Waals surface area contributed by atoms with Gasteiger partial charge in [0.05, 0.1) is 5.69 Å². The van der Waals surface area contributed by atoms with Crippen molar-refractivity contribution in [3.05, 3.63) is 95.6 Å². The zero-order valence-electron chi connectivity index (χ0n) is 18.9. The van der Waals surface area contributed by atoms with E-state index in [1.165, 1.54) is 40.7 Å². The van der Waals surface area contributed by atoms with Crippen molar-refractivity contribution in [3.63, 3.8) is 0 Å². The molecule has 5 nitrogen and oxygen atoms in total. The summed E-state index contributed by atoms with van der Waals surface area (Å²) in [6, 6.07) is 16.3. The fourth-order valence-corrected chi connectivity index (χ4v) is 5.80. The van der Waals surface area contributed by atoms with Gasteiger partial charge < -0.3 is 4.74 Å². The SMILES string of the molecule is O=S(=O)(Nc1ccc(OC(F)(F)F)cc1)N1CCC[C@H](C(c2ccc(F)cc2)c2ccc(F)cc2)C1. The molecule has 1 fully saturated rings. The Morgan fingerprint density at radius 2 is 1.39 bits per heavy atom. The molecule has 3 aromatic carbocycles. The second kappa shape index (κ2) is 10.4. The maximum absolute atomic E-state index is 13.6. The van der Waals surface area contributed by atoms with Crippen LogP contribution in [0.25, 0.3) is 0 Å². The summed E-state index contributed by atoms with van der Waals surface area (Å²) in [5.41, 5.74) is 1.64. The molecular weight excluding hydrogens is 503 g/mol. The summed E-state index contributed by atoms with van der Waals surface area (Å²) in [6.45, 7) is 0.394. The Morgan fingerprint density at radius 1 is 0.861 bits per heavy atom. The van der Waals surface area contributed by atoms with E-state index in [4.69, 9.17) is 0 Å². The van der Waals surface area contributed by atoms with Crippen LogP contribution in [-0.4, -0.2) is 32.2 Å². The van der Waals surface area contributed by atoms with Crippen molar-refractivity contribution < 1.29 is 35.1 Å². The summed E-state index contributed by atoms with van der Waals surface area (Å²) in [5, 5.41) is 0. The maximum Gasteiger partial charge on any atom is 0.573 e. The Hall–Kier alpha value is -3.18. The van der Waals surface area contributed by atoms with Crippen LogP contribution in [0.15, 0.2) is 72.8 Å². The number of hydrogen-bond acceptors (Lipinski definition) is 3. The van der Waals surface area contributed by atoms with E-state index in [1.807, 2.05) is 0 Å². The van der Waals surface area contributed by atoms with Gasteiger partial charge >= 0.3 is 16.6 Å². The highest BCUT2D eigenvalue weighted by atomic mass is 32.2. The van der Waals surface area contributed by atoms with E-state index in [0.29, 0.717) is 12.8 Å². The minimum absolute atomic E-state index is 0.0836. The lowest BCUT2D eigenvalue weighted by Crippen LogP contribution is -2.44. The first-order valence-electron chi connectivity index (χ1n) is 11.1. The highest BCUT2D eigenvalue weighted by Gasteiger charge is 2.35. The molecule has 192 valence electrons. The summed E-state index contributed by atoms with van der Waals surface area (Å²) in [4.78, 5) is 0. The quantitative estimate of drug-likeness (QED) is 0.381. The number of alkyl halides is 3. The highest BCUT2D eigenvalue weighted by molar-refractivity contribution is 7.90. The fraction of sp³-hybridized carbons (Fsp3) is 0.280.